The average molecular weight is 382 g/mol. The summed E-state index contributed by atoms with van der Waals surface area (Å²) < 4.78 is 7.99. The molecular weight excluding hydrogens is 360 g/mol. The van der Waals surface area contributed by atoms with Crippen molar-refractivity contribution in [1.29, 1.82) is 0 Å². The molecule has 3 aromatic rings. The maximum absolute atomic E-state index is 12.9. The van der Waals surface area contributed by atoms with Crippen LogP contribution in [-0.2, 0) is 16.1 Å². The molecule has 0 aliphatic carbocycles. The first kappa shape index (κ1) is 19.4. The van der Waals surface area contributed by atoms with E-state index in [1.165, 1.54) is 12.5 Å². The van der Waals surface area contributed by atoms with Crippen LogP contribution in [0.1, 0.15) is 31.2 Å². The number of hydrogen-bond acceptors (Lipinski definition) is 6. The summed E-state index contributed by atoms with van der Waals surface area (Å²) in [7, 11) is 1.56. The van der Waals surface area contributed by atoms with Crippen LogP contribution >= 0.6 is 0 Å². The number of carbonyl (C=O) groups is 1. The normalized spacial score (nSPS) is 11.1. The van der Waals surface area contributed by atoms with Gasteiger partial charge in [0, 0.05) is 25.1 Å². The standard InChI is InChI=1S/C19H22N6O3/c1-12(2)14-7-15-19(27)25(9-17(26)22-16-5-6-20-11-21-16)23-18(24(15)8-14)13(3)10-28-4/h5-8,11-12H,3,9-10H2,1-2,4H3,(H,20,21,22,26). The van der Waals surface area contributed by atoms with Crippen molar-refractivity contribution >= 4 is 22.8 Å². The molecule has 3 heterocycles. The molecule has 0 radical (unpaired) electrons. The van der Waals surface area contributed by atoms with Gasteiger partial charge in [0.1, 0.15) is 24.2 Å². The second-order valence-electron chi connectivity index (χ2n) is 6.65. The predicted octanol–water partition coefficient (Wildman–Crippen LogP) is 1.71. The third-order valence-electron chi connectivity index (χ3n) is 4.18. The molecule has 3 aromatic heterocycles. The fourth-order valence-corrected chi connectivity index (χ4v) is 2.75. The second kappa shape index (κ2) is 8.13. The predicted molar refractivity (Wildman–Crippen MR) is 105 cm³/mol. The van der Waals surface area contributed by atoms with Crippen molar-refractivity contribution in [1.82, 2.24) is 24.1 Å². The molecular formula is C19H22N6O3. The molecule has 0 fully saturated rings. The monoisotopic (exact) mass is 382 g/mol. The van der Waals surface area contributed by atoms with Crippen LogP contribution in [0.25, 0.3) is 11.1 Å². The summed E-state index contributed by atoms with van der Waals surface area (Å²) in [5.41, 5.74) is 1.66. The van der Waals surface area contributed by atoms with E-state index >= 15 is 0 Å². The highest BCUT2D eigenvalue weighted by Gasteiger charge is 2.17. The molecule has 3 rings (SSSR count). The van der Waals surface area contributed by atoms with E-state index in [9.17, 15) is 9.59 Å². The summed E-state index contributed by atoms with van der Waals surface area (Å²) >= 11 is 0. The van der Waals surface area contributed by atoms with Gasteiger partial charge in [-0.05, 0) is 23.6 Å². The van der Waals surface area contributed by atoms with Gasteiger partial charge in [-0.3, -0.25) is 14.0 Å². The van der Waals surface area contributed by atoms with Gasteiger partial charge in [-0.2, -0.15) is 5.10 Å². The van der Waals surface area contributed by atoms with Crippen molar-refractivity contribution in [3.05, 3.63) is 59.2 Å². The molecule has 0 unspecified atom stereocenters. The molecule has 28 heavy (non-hydrogen) atoms. The number of nitrogens with zero attached hydrogens (tertiary/aromatic N) is 5. The molecule has 9 heteroatoms. The molecule has 0 aromatic carbocycles. The smallest absolute Gasteiger partial charge is 0.291 e. The number of fused-ring (bicyclic) bond motifs is 1. The highest BCUT2D eigenvalue weighted by Crippen LogP contribution is 2.20. The Hall–Kier alpha value is -3.33. The van der Waals surface area contributed by atoms with Gasteiger partial charge in [0.2, 0.25) is 5.91 Å². The first-order valence-electron chi connectivity index (χ1n) is 8.76. The number of ether oxygens (including phenoxy) is 1. The van der Waals surface area contributed by atoms with Crippen LogP contribution in [0.3, 0.4) is 0 Å². The van der Waals surface area contributed by atoms with Crippen LogP contribution in [-0.4, -0.2) is 43.8 Å². The van der Waals surface area contributed by atoms with Gasteiger partial charge in [-0.25, -0.2) is 14.6 Å². The number of aromatic nitrogens is 5. The van der Waals surface area contributed by atoms with E-state index in [1.807, 2.05) is 26.1 Å². The van der Waals surface area contributed by atoms with Gasteiger partial charge < -0.3 is 10.1 Å². The molecule has 9 nitrogen and oxygen atoms in total. The third kappa shape index (κ3) is 3.99. The van der Waals surface area contributed by atoms with Crippen molar-refractivity contribution in [3.8, 4) is 0 Å². The fraction of sp³-hybridized carbons (Fsp3) is 0.316. The Labute approximate surface area is 161 Å². The second-order valence-corrected chi connectivity index (χ2v) is 6.65. The van der Waals surface area contributed by atoms with Crippen LogP contribution in [0.2, 0.25) is 0 Å². The fourth-order valence-electron chi connectivity index (χ4n) is 2.75. The average Bonchev–Trinajstić information content (AvgIpc) is 3.11. The SMILES string of the molecule is C=C(COC)c1nn(CC(=O)Nc2ccncn2)c(=O)c2cc(C(C)C)cn12. The van der Waals surface area contributed by atoms with E-state index in [2.05, 4.69) is 27.0 Å². The van der Waals surface area contributed by atoms with E-state index < -0.39 is 5.91 Å². The maximum Gasteiger partial charge on any atom is 0.291 e. The van der Waals surface area contributed by atoms with E-state index in [1.54, 1.807) is 17.6 Å². The molecule has 146 valence electrons. The molecule has 0 atom stereocenters. The van der Waals surface area contributed by atoms with Gasteiger partial charge >= 0.3 is 0 Å². The number of methoxy groups -OCH3 is 1. The molecule has 1 amide bonds. The topological polar surface area (TPSA) is 103 Å². The summed E-state index contributed by atoms with van der Waals surface area (Å²) in [4.78, 5) is 33.0. The Kier molecular flexibility index (Phi) is 5.65. The van der Waals surface area contributed by atoms with Crippen molar-refractivity contribution in [2.24, 2.45) is 0 Å². The lowest BCUT2D eigenvalue weighted by Crippen LogP contribution is -2.32. The lowest BCUT2D eigenvalue weighted by molar-refractivity contribution is -0.117. The van der Waals surface area contributed by atoms with E-state index in [-0.39, 0.29) is 24.6 Å². The summed E-state index contributed by atoms with van der Waals surface area (Å²) in [6.45, 7) is 8.08. The zero-order chi connectivity index (χ0) is 20.3. The van der Waals surface area contributed by atoms with Gasteiger partial charge in [-0.15, -0.1) is 0 Å². The van der Waals surface area contributed by atoms with E-state index in [0.29, 0.717) is 22.7 Å². The van der Waals surface area contributed by atoms with Crippen molar-refractivity contribution < 1.29 is 9.53 Å². The largest absolute Gasteiger partial charge is 0.380 e. The Bertz CT molecular complexity index is 1070. The van der Waals surface area contributed by atoms with Crippen molar-refractivity contribution in [2.75, 3.05) is 19.0 Å². The van der Waals surface area contributed by atoms with Crippen molar-refractivity contribution in [2.45, 2.75) is 26.3 Å². The van der Waals surface area contributed by atoms with Crippen LogP contribution in [0, 0.1) is 0 Å². The zero-order valence-electron chi connectivity index (χ0n) is 16.0. The lowest BCUT2D eigenvalue weighted by Gasteiger charge is -2.12. The molecule has 0 spiro atoms. The van der Waals surface area contributed by atoms with E-state index in [4.69, 9.17) is 4.74 Å². The Morgan fingerprint density at radius 1 is 1.39 bits per heavy atom. The minimum atomic E-state index is -0.420. The number of anilines is 1. The first-order valence-corrected chi connectivity index (χ1v) is 8.76. The maximum atomic E-state index is 12.9. The van der Waals surface area contributed by atoms with Crippen LogP contribution in [0.5, 0.6) is 0 Å². The minimum Gasteiger partial charge on any atom is -0.380 e. The molecule has 0 aliphatic rings. The summed E-state index contributed by atoms with van der Waals surface area (Å²) in [5, 5.41) is 6.99. The van der Waals surface area contributed by atoms with E-state index in [0.717, 1.165) is 10.2 Å². The van der Waals surface area contributed by atoms with Gasteiger partial charge in [-0.1, -0.05) is 20.4 Å². The number of amides is 1. The highest BCUT2D eigenvalue weighted by atomic mass is 16.5. The number of nitrogens with one attached hydrogen (secondary N) is 1. The Morgan fingerprint density at radius 2 is 2.18 bits per heavy atom. The van der Waals surface area contributed by atoms with Gasteiger partial charge in [0.05, 0.1) is 6.61 Å². The Morgan fingerprint density at radius 3 is 2.82 bits per heavy atom. The number of rotatable bonds is 7. The summed E-state index contributed by atoms with van der Waals surface area (Å²) in [6.07, 6.45) is 4.71. The van der Waals surface area contributed by atoms with Crippen LogP contribution in [0.4, 0.5) is 5.82 Å². The molecule has 0 saturated carbocycles. The van der Waals surface area contributed by atoms with Gasteiger partial charge in [0.15, 0.2) is 5.82 Å². The quantitative estimate of drug-likeness (QED) is 0.667. The molecule has 1 N–H and O–H groups in total. The van der Waals surface area contributed by atoms with Gasteiger partial charge in [0.25, 0.3) is 5.56 Å². The minimum absolute atomic E-state index is 0.234. The van der Waals surface area contributed by atoms with Crippen LogP contribution < -0.4 is 10.9 Å². The number of carbonyl (C=O) groups excluding carboxylic acids is 1. The highest BCUT2D eigenvalue weighted by molar-refractivity contribution is 5.89. The number of hydrogen-bond donors (Lipinski definition) is 1. The Balaban J connectivity index is 2.01. The molecule has 0 aliphatic heterocycles. The molecule has 0 bridgehead atoms. The lowest BCUT2D eigenvalue weighted by atomic mass is 10.1. The first-order chi connectivity index (χ1) is 13.4. The third-order valence-corrected chi connectivity index (χ3v) is 4.18. The van der Waals surface area contributed by atoms with Crippen LogP contribution in [0.15, 0.2) is 42.2 Å². The summed E-state index contributed by atoms with van der Waals surface area (Å²) in [5.74, 6) is 0.634. The van der Waals surface area contributed by atoms with Crippen molar-refractivity contribution in [3.63, 3.8) is 0 Å². The zero-order valence-corrected chi connectivity index (χ0v) is 16.0. The summed E-state index contributed by atoms with van der Waals surface area (Å²) in [6, 6.07) is 3.38. The molecule has 0 saturated heterocycles.